The monoisotopic (exact) mass is 198 g/mol. The van der Waals surface area contributed by atoms with Crippen LogP contribution in [0.4, 0.5) is 5.82 Å². The lowest BCUT2D eigenvalue weighted by Crippen LogP contribution is -1.90. The Hall–Kier alpha value is -2.10. The van der Waals surface area contributed by atoms with E-state index >= 15 is 0 Å². The Morgan fingerprint density at radius 2 is 2.07 bits per heavy atom. The summed E-state index contributed by atoms with van der Waals surface area (Å²) < 4.78 is 1.99. The lowest BCUT2D eigenvalue weighted by Gasteiger charge is -2.00. The average molecular weight is 198 g/mol. The Kier molecular flexibility index (Phi) is 1.48. The first kappa shape index (κ1) is 8.23. The van der Waals surface area contributed by atoms with Gasteiger partial charge in [0.15, 0.2) is 0 Å². The second kappa shape index (κ2) is 2.70. The van der Waals surface area contributed by atoms with Crippen LogP contribution in [0.15, 0.2) is 30.6 Å². The van der Waals surface area contributed by atoms with E-state index in [9.17, 15) is 0 Å². The first-order valence-corrected chi connectivity index (χ1v) is 4.72. The van der Waals surface area contributed by atoms with Crippen molar-refractivity contribution in [3.8, 4) is 0 Å². The number of aromatic nitrogens is 3. The number of hydrogen-bond donors (Lipinski definition) is 1. The summed E-state index contributed by atoms with van der Waals surface area (Å²) in [5.74, 6) is 0.540. The number of benzene rings is 1. The summed E-state index contributed by atoms with van der Waals surface area (Å²) in [5.41, 5.74) is 8.61. The molecule has 0 saturated carbocycles. The van der Waals surface area contributed by atoms with Gasteiger partial charge in [-0.3, -0.25) is 0 Å². The molecule has 0 aliphatic carbocycles. The topological polar surface area (TPSA) is 56.7 Å². The van der Waals surface area contributed by atoms with Gasteiger partial charge in [0.05, 0.1) is 22.9 Å². The highest BCUT2D eigenvalue weighted by Gasteiger charge is 2.05. The molecule has 2 heterocycles. The third kappa shape index (κ3) is 1.08. The highest BCUT2D eigenvalue weighted by molar-refractivity contribution is 6.02. The van der Waals surface area contributed by atoms with Crippen molar-refractivity contribution in [2.45, 2.75) is 0 Å². The molecule has 0 fully saturated rings. The normalized spacial score (nSPS) is 11.3. The van der Waals surface area contributed by atoms with Crippen LogP contribution >= 0.6 is 0 Å². The zero-order chi connectivity index (χ0) is 10.4. The molecule has 0 aliphatic rings. The number of rotatable bonds is 0. The molecule has 3 rings (SSSR count). The summed E-state index contributed by atoms with van der Waals surface area (Å²) in [5, 5.41) is 1.04. The third-order valence-corrected chi connectivity index (χ3v) is 2.58. The number of imidazole rings is 1. The van der Waals surface area contributed by atoms with Gasteiger partial charge >= 0.3 is 0 Å². The molecule has 0 aliphatic heterocycles. The Morgan fingerprint density at radius 1 is 1.20 bits per heavy atom. The highest BCUT2D eigenvalue weighted by Crippen LogP contribution is 2.23. The van der Waals surface area contributed by atoms with Crippen LogP contribution in [-0.2, 0) is 7.05 Å². The second-order valence-electron chi connectivity index (χ2n) is 3.59. The van der Waals surface area contributed by atoms with Gasteiger partial charge in [0, 0.05) is 12.4 Å². The van der Waals surface area contributed by atoms with Gasteiger partial charge in [0.1, 0.15) is 5.82 Å². The first-order chi connectivity index (χ1) is 7.25. The maximum atomic E-state index is 5.64. The number of nitrogen functional groups attached to an aromatic ring is 1. The second-order valence-corrected chi connectivity index (χ2v) is 3.59. The smallest absolute Gasteiger partial charge is 0.124 e. The largest absolute Gasteiger partial charge is 0.384 e. The van der Waals surface area contributed by atoms with Gasteiger partial charge in [-0.1, -0.05) is 0 Å². The SMILES string of the molecule is Cn1cnc2c3ccc(N)nc3ccc21. The molecule has 3 aromatic rings. The lowest BCUT2D eigenvalue weighted by atomic mass is 10.2. The molecule has 4 heteroatoms. The van der Waals surface area contributed by atoms with Crippen molar-refractivity contribution in [1.82, 2.24) is 14.5 Å². The first-order valence-electron chi connectivity index (χ1n) is 4.72. The fourth-order valence-electron chi connectivity index (χ4n) is 1.82. The van der Waals surface area contributed by atoms with Crippen LogP contribution in [0.3, 0.4) is 0 Å². The van der Waals surface area contributed by atoms with Crippen molar-refractivity contribution in [1.29, 1.82) is 0 Å². The van der Waals surface area contributed by atoms with Gasteiger partial charge in [0.2, 0.25) is 0 Å². The van der Waals surface area contributed by atoms with Crippen LogP contribution in [0.2, 0.25) is 0 Å². The number of hydrogen-bond acceptors (Lipinski definition) is 3. The van der Waals surface area contributed by atoms with Gasteiger partial charge in [0.25, 0.3) is 0 Å². The summed E-state index contributed by atoms with van der Waals surface area (Å²) in [6.45, 7) is 0. The standard InChI is InChI=1S/C11H10N4/c1-15-6-13-11-7-2-5-10(12)14-8(7)3-4-9(11)15/h2-6H,1H3,(H2,12,14). The molecule has 0 saturated heterocycles. The van der Waals surface area contributed by atoms with Crippen LogP contribution < -0.4 is 5.73 Å². The molecule has 15 heavy (non-hydrogen) atoms. The van der Waals surface area contributed by atoms with E-state index in [1.165, 1.54) is 0 Å². The number of nitrogens with zero attached hydrogens (tertiary/aromatic N) is 3. The average Bonchev–Trinajstić information content (AvgIpc) is 2.60. The number of aryl methyl sites for hydroxylation is 1. The molecule has 74 valence electrons. The van der Waals surface area contributed by atoms with Gasteiger partial charge in [-0.25, -0.2) is 9.97 Å². The van der Waals surface area contributed by atoms with Crippen LogP contribution in [0.5, 0.6) is 0 Å². The van der Waals surface area contributed by atoms with Crippen molar-refractivity contribution < 1.29 is 0 Å². The van der Waals surface area contributed by atoms with Crippen LogP contribution in [0.25, 0.3) is 21.9 Å². The quantitative estimate of drug-likeness (QED) is 0.598. The number of pyridine rings is 1. The Labute approximate surface area is 86.4 Å². The zero-order valence-electron chi connectivity index (χ0n) is 8.31. The van der Waals surface area contributed by atoms with Gasteiger partial charge < -0.3 is 10.3 Å². The molecule has 0 spiro atoms. The highest BCUT2D eigenvalue weighted by atomic mass is 15.0. The van der Waals surface area contributed by atoms with Crippen molar-refractivity contribution in [2.24, 2.45) is 7.05 Å². The lowest BCUT2D eigenvalue weighted by molar-refractivity contribution is 0.948. The summed E-state index contributed by atoms with van der Waals surface area (Å²) >= 11 is 0. The third-order valence-electron chi connectivity index (χ3n) is 2.58. The Bertz CT molecular complexity index is 654. The molecule has 4 nitrogen and oxygen atoms in total. The molecule has 1 aromatic carbocycles. The minimum absolute atomic E-state index is 0.540. The molecular formula is C11H10N4. The maximum absolute atomic E-state index is 5.64. The fourth-order valence-corrected chi connectivity index (χ4v) is 1.82. The summed E-state index contributed by atoms with van der Waals surface area (Å²) in [4.78, 5) is 8.62. The van der Waals surface area contributed by atoms with Gasteiger partial charge in [-0.05, 0) is 24.3 Å². The number of nitrogens with two attached hydrogens (primary N) is 1. The Morgan fingerprint density at radius 3 is 2.93 bits per heavy atom. The molecule has 2 N–H and O–H groups in total. The number of anilines is 1. The van der Waals surface area contributed by atoms with Crippen LogP contribution in [0.1, 0.15) is 0 Å². The van der Waals surface area contributed by atoms with E-state index in [2.05, 4.69) is 9.97 Å². The van der Waals surface area contributed by atoms with E-state index in [-0.39, 0.29) is 0 Å². The molecular weight excluding hydrogens is 188 g/mol. The Balaban J connectivity index is 2.55. The predicted octanol–water partition coefficient (Wildman–Crippen LogP) is 1.70. The minimum Gasteiger partial charge on any atom is -0.384 e. The van der Waals surface area contributed by atoms with Gasteiger partial charge in [-0.15, -0.1) is 0 Å². The maximum Gasteiger partial charge on any atom is 0.124 e. The van der Waals surface area contributed by atoms with E-state index < -0.39 is 0 Å². The predicted molar refractivity (Wildman–Crippen MR) is 60.4 cm³/mol. The summed E-state index contributed by atoms with van der Waals surface area (Å²) in [6.07, 6.45) is 1.81. The molecule has 0 bridgehead atoms. The molecule has 0 radical (unpaired) electrons. The van der Waals surface area contributed by atoms with E-state index in [4.69, 9.17) is 5.73 Å². The zero-order valence-corrected chi connectivity index (χ0v) is 8.31. The van der Waals surface area contributed by atoms with Crippen molar-refractivity contribution >= 4 is 27.8 Å². The summed E-state index contributed by atoms with van der Waals surface area (Å²) in [7, 11) is 1.98. The van der Waals surface area contributed by atoms with E-state index in [0.29, 0.717) is 5.82 Å². The molecule has 0 amide bonds. The molecule has 2 aromatic heterocycles. The minimum atomic E-state index is 0.540. The van der Waals surface area contributed by atoms with Crippen LogP contribution in [-0.4, -0.2) is 14.5 Å². The fraction of sp³-hybridized carbons (Fsp3) is 0.0909. The number of fused-ring (bicyclic) bond motifs is 3. The summed E-state index contributed by atoms with van der Waals surface area (Å²) in [6, 6.07) is 7.75. The van der Waals surface area contributed by atoms with Crippen molar-refractivity contribution in [3.63, 3.8) is 0 Å². The van der Waals surface area contributed by atoms with Crippen molar-refractivity contribution in [2.75, 3.05) is 5.73 Å². The van der Waals surface area contributed by atoms with E-state index in [1.807, 2.05) is 29.8 Å². The van der Waals surface area contributed by atoms with E-state index in [0.717, 1.165) is 21.9 Å². The van der Waals surface area contributed by atoms with Crippen molar-refractivity contribution in [3.05, 3.63) is 30.6 Å². The molecule has 0 unspecified atom stereocenters. The van der Waals surface area contributed by atoms with Crippen LogP contribution in [0, 0.1) is 0 Å². The van der Waals surface area contributed by atoms with Gasteiger partial charge in [-0.2, -0.15) is 0 Å². The van der Waals surface area contributed by atoms with E-state index in [1.54, 1.807) is 12.4 Å². The molecule has 0 atom stereocenters.